The Kier molecular flexibility index (Phi) is 6.06. The van der Waals surface area contributed by atoms with Crippen molar-refractivity contribution >= 4 is 21.6 Å². The molecule has 2 aromatic carbocycles. The number of benzene rings is 2. The highest BCUT2D eigenvalue weighted by molar-refractivity contribution is 7.92. The molecule has 0 saturated heterocycles. The van der Waals surface area contributed by atoms with Gasteiger partial charge < -0.3 is 5.32 Å². The summed E-state index contributed by atoms with van der Waals surface area (Å²) in [5.74, 6) is -0.244. The molecule has 0 unspecified atom stereocenters. The third-order valence-corrected chi connectivity index (χ3v) is 6.11. The standard InChI is InChI=1S/C21H21N3O3S/c1-2-24(28(26,27)20-9-4-3-5-10-20)19-13-11-17(12-14-19)21(25)23-16-18-8-6-7-15-22-18/h3-15H,2,16H2,1H3,(H,23,25). The van der Waals surface area contributed by atoms with Crippen molar-refractivity contribution in [2.75, 3.05) is 10.8 Å². The van der Waals surface area contributed by atoms with Crippen LogP contribution in [0.15, 0.2) is 83.9 Å². The Bertz CT molecular complexity index is 1020. The first-order valence-electron chi connectivity index (χ1n) is 8.88. The summed E-state index contributed by atoms with van der Waals surface area (Å²) < 4.78 is 27.1. The van der Waals surface area contributed by atoms with Gasteiger partial charge >= 0.3 is 0 Å². The van der Waals surface area contributed by atoms with Gasteiger partial charge in [-0.1, -0.05) is 24.3 Å². The van der Waals surface area contributed by atoms with E-state index < -0.39 is 10.0 Å². The first kappa shape index (κ1) is 19.6. The molecule has 7 heteroatoms. The molecule has 0 aliphatic heterocycles. The Hall–Kier alpha value is -3.19. The summed E-state index contributed by atoms with van der Waals surface area (Å²) in [6.45, 7) is 2.38. The predicted octanol–water partition coefficient (Wildman–Crippen LogP) is 3.23. The third-order valence-electron chi connectivity index (χ3n) is 4.19. The number of anilines is 1. The van der Waals surface area contributed by atoms with Crippen LogP contribution in [0.1, 0.15) is 23.0 Å². The van der Waals surface area contributed by atoms with Crippen LogP contribution in [0.2, 0.25) is 0 Å². The lowest BCUT2D eigenvalue weighted by molar-refractivity contribution is 0.0950. The number of aromatic nitrogens is 1. The topological polar surface area (TPSA) is 79.4 Å². The quantitative estimate of drug-likeness (QED) is 0.666. The summed E-state index contributed by atoms with van der Waals surface area (Å²) in [7, 11) is -3.66. The van der Waals surface area contributed by atoms with Gasteiger partial charge in [-0.05, 0) is 55.5 Å². The van der Waals surface area contributed by atoms with Crippen LogP contribution in [0.5, 0.6) is 0 Å². The molecule has 0 spiro atoms. The summed E-state index contributed by atoms with van der Waals surface area (Å²) >= 11 is 0. The average Bonchev–Trinajstić information content (AvgIpc) is 2.74. The fourth-order valence-electron chi connectivity index (χ4n) is 2.77. The lowest BCUT2D eigenvalue weighted by Crippen LogP contribution is -2.30. The summed E-state index contributed by atoms with van der Waals surface area (Å²) in [6.07, 6.45) is 1.67. The summed E-state index contributed by atoms with van der Waals surface area (Å²) in [6, 6.07) is 20.3. The van der Waals surface area contributed by atoms with Gasteiger partial charge in [-0.3, -0.25) is 14.1 Å². The molecule has 0 saturated carbocycles. The first-order valence-corrected chi connectivity index (χ1v) is 10.3. The SMILES string of the molecule is CCN(c1ccc(C(=O)NCc2ccccn2)cc1)S(=O)(=O)c1ccccc1. The lowest BCUT2D eigenvalue weighted by Gasteiger charge is -2.23. The van der Waals surface area contributed by atoms with Crippen molar-refractivity contribution in [2.45, 2.75) is 18.4 Å². The zero-order chi connectivity index (χ0) is 20.0. The van der Waals surface area contributed by atoms with Gasteiger partial charge in [0, 0.05) is 18.3 Å². The fourth-order valence-corrected chi connectivity index (χ4v) is 4.26. The Balaban J connectivity index is 1.74. The smallest absolute Gasteiger partial charge is 0.264 e. The number of pyridine rings is 1. The Morgan fingerprint density at radius 3 is 2.25 bits per heavy atom. The molecule has 0 radical (unpaired) electrons. The van der Waals surface area contributed by atoms with E-state index in [0.29, 0.717) is 17.8 Å². The second-order valence-corrected chi connectivity index (χ2v) is 7.90. The van der Waals surface area contributed by atoms with Crippen molar-refractivity contribution in [3.05, 3.63) is 90.3 Å². The monoisotopic (exact) mass is 395 g/mol. The van der Waals surface area contributed by atoms with E-state index in [-0.39, 0.29) is 17.3 Å². The largest absolute Gasteiger partial charge is 0.346 e. The number of nitrogens with zero attached hydrogens (tertiary/aromatic N) is 2. The van der Waals surface area contributed by atoms with Gasteiger partial charge in [-0.2, -0.15) is 0 Å². The summed E-state index contributed by atoms with van der Waals surface area (Å²) in [5.41, 5.74) is 1.72. The summed E-state index contributed by atoms with van der Waals surface area (Å²) in [4.78, 5) is 16.7. The van der Waals surface area contributed by atoms with Crippen LogP contribution >= 0.6 is 0 Å². The van der Waals surface area contributed by atoms with Crippen LogP contribution in [0.3, 0.4) is 0 Å². The highest BCUT2D eigenvalue weighted by Gasteiger charge is 2.23. The number of rotatable bonds is 7. The summed E-state index contributed by atoms with van der Waals surface area (Å²) in [5, 5.41) is 2.80. The average molecular weight is 395 g/mol. The van der Waals surface area contributed by atoms with Gasteiger partial charge in [0.25, 0.3) is 15.9 Å². The number of amides is 1. The molecule has 3 aromatic rings. The van der Waals surface area contributed by atoms with Gasteiger partial charge in [0.2, 0.25) is 0 Å². The second-order valence-electron chi connectivity index (χ2n) is 6.03. The number of hydrogen-bond donors (Lipinski definition) is 1. The number of carbonyl (C=O) groups is 1. The molecular formula is C21H21N3O3S. The van der Waals surface area contributed by atoms with Crippen LogP contribution in [0.25, 0.3) is 0 Å². The van der Waals surface area contributed by atoms with Crippen LogP contribution in [0, 0.1) is 0 Å². The van der Waals surface area contributed by atoms with Gasteiger partial charge in [0.05, 0.1) is 22.8 Å². The van der Waals surface area contributed by atoms with Crippen molar-refractivity contribution in [1.29, 1.82) is 0 Å². The number of carbonyl (C=O) groups excluding carboxylic acids is 1. The normalized spacial score (nSPS) is 11.0. The van der Waals surface area contributed by atoms with Gasteiger partial charge in [-0.15, -0.1) is 0 Å². The molecular weight excluding hydrogens is 374 g/mol. The molecule has 6 nitrogen and oxygen atoms in total. The van der Waals surface area contributed by atoms with E-state index in [1.165, 1.54) is 4.31 Å². The maximum Gasteiger partial charge on any atom is 0.264 e. The number of hydrogen-bond acceptors (Lipinski definition) is 4. The van der Waals surface area contributed by atoms with Crippen molar-refractivity contribution in [2.24, 2.45) is 0 Å². The number of nitrogens with one attached hydrogen (secondary N) is 1. The van der Waals surface area contributed by atoms with Crippen LogP contribution < -0.4 is 9.62 Å². The molecule has 28 heavy (non-hydrogen) atoms. The van der Waals surface area contributed by atoms with E-state index in [4.69, 9.17) is 0 Å². The van der Waals surface area contributed by atoms with E-state index >= 15 is 0 Å². The van der Waals surface area contributed by atoms with Gasteiger partial charge in [0.15, 0.2) is 0 Å². The Morgan fingerprint density at radius 1 is 0.964 bits per heavy atom. The van der Waals surface area contributed by atoms with Crippen LogP contribution in [0.4, 0.5) is 5.69 Å². The van der Waals surface area contributed by atoms with Gasteiger partial charge in [0.1, 0.15) is 0 Å². The molecule has 3 rings (SSSR count). The van der Waals surface area contributed by atoms with E-state index in [1.807, 2.05) is 18.2 Å². The van der Waals surface area contributed by atoms with Crippen molar-refractivity contribution in [3.63, 3.8) is 0 Å². The van der Waals surface area contributed by atoms with Crippen LogP contribution in [-0.2, 0) is 16.6 Å². The molecule has 144 valence electrons. The highest BCUT2D eigenvalue weighted by Crippen LogP contribution is 2.23. The molecule has 0 aliphatic carbocycles. The highest BCUT2D eigenvalue weighted by atomic mass is 32.2. The van der Waals surface area contributed by atoms with E-state index in [0.717, 1.165) is 5.69 Å². The first-order chi connectivity index (χ1) is 13.5. The minimum Gasteiger partial charge on any atom is -0.346 e. The van der Waals surface area contributed by atoms with Crippen LogP contribution in [-0.4, -0.2) is 25.9 Å². The molecule has 0 fully saturated rings. The molecule has 0 atom stereocenters. The molecule has 1 heterocycles. The fraction of sp³-hybridized carbons (Fsp3) is 0.143. The van der Waals surface area contributed by atoms with E-state index in [1.54, 1.807) is 67.7 Å². The number of sulfonamides is 1. The minimum atomic E-state index is -3.66. The molecule has 1 amide bonds. The maximum absolute atomic E-state index is 12.9. The lowest BCUT2D eigenvalue weighted by atomic mass is 10.2. The predicted molar refractivity (Wildman–Crippen MR) is 108 cm³/mol. The Morgan fingerprint density at radius 2 is 1.64 bits per heavy atom. The zero-order valence-corrected chi connectivity index (χ0v) is 16.3. The maximum atomic E-state index is 12.9. The third kappa shape index (κ3) is 4.37. The molecule has 1 N–H and O–H groups in total. The van der Waals surface area contributed by atoms with E-state index in [2.05, 4.69) is 10.3 Å². The van der Waals surface area contributed by atoms with Crippen molar-refractivity contribution in [1.82, 2.24) is 10.3 Å². The Labute approximate surface area is 164 Å². The zero-order valence-electron chi connectivity index (χ0n) is 15.4. The van der Waals surface area contributed by atoms with Gasteiger partial charge in [-0.25, -0.2) is 8.42 Å². The molecule has 0 aliphatic rings. The minimum absolute atomic E-state index is 0.231. The van der Waals surface area contributed by atoms with Crippen molar-refractivity contribution in [3.8, 4) is 0 Å². The molecule has 1 aromatic heterocycles. The second kappa shape index (κ2) is 8.67. The molecule has 0 bridgehead atoms. The van der Waals surface area contributed by atoms with Crippen molar-refractivity contribution < 1.29 is 13.2 Å². The van der Waals surface area contributed by atoms with E-state index in [9.17, 15) is 13.2 Å².